The van der Waals surface area contributed by atoms with Gasteiger partial charge in [-0.3, -0.25) is 0 Å². The fourth-order valence-corrected chi connectivity index (χ4v) is 1.75. The maximum absolute atomic E-state index is 5.69. The Balaban J connectivity index is 2.08. The maximum atomic E-state index is 5.69. The normalized spacial score (nSPS) is 10.2. The summed E-state index contributed by atoms with van der Waals surface area (Å²) in [6, 6.07) is 10.1. The van der Waals surface area contributed by atoms with E-state index >= 15 is 0 Å². The lowest BCUT2D eigenvalue weighted by molar-refractivity contribution is 1.02. The van der Waals surface area contributed by atoms with E-state index in [1.807, 2.05) is 25.1 Å². The molecule has 0 spiro atoms. The third kappa shape index (κ3) is 3.43. The molecule has 0 saturated carbocycles. The summed E-state index contributed by atoms with van der Waals surface area (Å²) in [6.45, 7) is 1.99. The predicted octanol–water partition coefficient (Wildman–Crippen LogP) is 3.31. The molecule has 0 atom stereocenters. The molecule has 2 aromatic rings. The number of rotatable bonds is 4. The average Bonchev–Trinajstić information content (AvgIpc) is 2.32. The van der Waals surface area contributed by atoms with Crippen LogP contribution in [-0.4, -0.2) is 16.1 Å². The number of nitrogens with zero attached hydrogens (tertiary/aromatic N) is 2. The summed E-state index contributed by atoms with van der Waals surface area (Å²) in [5, 5.41) is 11.1. The van der Waals surface area contributed by atoms with Gasteiger partial charge in [-0.05, 0) is 42.7 Å². The van der Waals surface area contributed by atoms with Gasteiger partial charge in [0.05, 0.1) is 6.20 Å². The summed E-state index contributed by atoms with van der Waals surface area (Å²) in [5.74, 6) is 1.41. The Bertz CT molecular complexity index is 482. The van der Waals surface area contributed by atoms with Crippen molar-refractivity contribution in [3.63, 3.8) is 0 Å². The number of hydrogen-bond acceptors (Lipinski definition) is 3. The van der Waals surface area contributed by atoms with Crippen molar-refractivity contribution in [1.82, 2.24) is 10.2 Å². The molecule has 88 valence electrons. The summed E-state index contributed by atoms with van der Waals surface area (Å²) in [7, 11) is 0. The van der Waals surface area contributed by atoms with E-state index in [1.165, 1.54) is 5.56 Å². The molecule has 1 aromatic carbocycles. The number of anilines is 2. The minimum atomic E-state index is 0.649. The van der Waals surface area contributed by atoms with E-state index in [4.69, 9.17) is 11.6 Å². The number of aromatic nitrogens is 2. The van der Waals surface area contributed by atoms with Crippen molar-refractivity contribution < 1.29 is 0 Å². The van der Waals surface area contributed by atoms with Crippen LogP contribution in [0.5, 0.6) is 0 Å². The van der Waals surface area contributed by atoms with Crippen LogP contribution in [-0.2, 0) is 6.42 Å². The number of alkyl halides is 1. The lowest BCUT2D eigenvalue weighted by atomic mass is 10.1. The first-order valence-electron chi connectivity index (χ1n) is 5.49. The van der Waals surface area contributed by atoms with Crippen LogP contribution in [0.25, 0.3) is 0 Å². The van der Waals surface area contributed by atoms with Crippen LogP contribution in [0.4, 0.5) is 11.5 Å². The molecular formula is C13H14ClN3. The molecule has 0 aliphatic carbocycles. The van der Waals surface area contributed by atoms with Gasteiger partial charge in [0.15, 0.2) is 5.82 Å². The van der Waals surface area contributed by atoms with E-state index in [9.17, 15) is 0 Å². The minimum absolute atomic E-state index is 0.649. The Morgan fingerprint density at radius 3 is 2.65 bits per heavy atom. The van der Waals surface area contributed by atoms with Crippen LogP contribution in [0.3, 0.4) is 0 Å². The van der Waals surface area contributed by atoms with Crippen LogP contribution in [0.2, 0.25) is 0 Å². The van der Waals surface area contributed by atoms with Gasteiger partial charge in [-0.25, -0.2) is 0 Å². The largest absolute Gasteiger partial charge is 0.339 e. The fraction of sp³-hybridized carbons (Fsp3) is 0.231. The first-order valence-corrected chi connectivity index (χ1v) is 6.02. The smallest absolute Gasteiger partial charge is 0.153 e. The number of aryl methyl sites for hydroxylation is 2. The molecule has 0 radical (unpaired) electrons. The molecule has 4 heteroatoms. The molecular weight excluding hydrogens is 234 g/mol. The highest BCUT2D eigenvalue weighted by Gasteiger charge is 1.97. The molecule has 0 amide bonds. The van der Waals surface area contributed by atoms with Gasteiger partial charge in [0.1, 0.15) is 0 Å². The molecule has 2 rings (SSSR count). The summed E-state index contributed by atoms with van der Waals surface area (Å²) in [6.07, 6.45) is 2.63. The van der Waals surface area contributed by atoms with Crippen molar-refractivity contribution in [3.05, 3.63) is 47.7 Å². The lowest BCUT2D eigenvalue weighted by Crippen LogP contribution is -1.96. The topological polar surface area (TPSA) is 37.8 Å². The minimum Gasteiger partial charge on any atom is -0.339 e. The zero-order chi connectivity index (χ0) is 12.1. The van der Waals surface area contributed by atoms with Crippen LogP contribution in [0.15, 0.2) is 36.5 Å². The third-order valence-electron chi connectivity index (χ3n) is 2.40. The van der Waals surface area contributed by atoms with Gasteiger partial charge in [0, 0.05) is 11.6 Å². The lowest BCUT2D eigenvalue weighted by Gasteiger charge is -2.06. The number of nitrogens with one attached hydrogen (secondary N) is 1. The highest BCUT2D eigenvalue weighted by atomic mass is 35.5. The van der Waals surface area contributed by atoms with Crippen LogP contribution < -0.4 is 5.32 Å². The highest BCUT2D eigenvalue weighted by molar-refractivity contribution is 6.17. The summed E-state index contributed by atoms with van der Waals surface area (Å²) in [4.78, 5) is 0. The van der Waals surface area contributed by atoms with Gasteiger partial charge >= 0.3 is 0 Å². The predicted molar refractivity (Wildman–Crippen MR) is 70.9 cm³/mol. The molecule has 0 fully saturated rings. The van der Waals surface area contributed by atoms with Crippen molar-refractivity contribution in [2.24, 2.45) is 0 Å². The molecule has 0 aliphatic rings. The van der Waals surface area contributed by atoms with E-state index in [-0.39, 0.29) is 0 Å². The van der Waals surface area contributed by atoms with Gasteiger partial charge in [0.25, 0.3) is 0 Å². The molecule has 1 N–H and O–H groups in total. The molecule has 17 heavy (non-hydrogen) atoms. The van der Waals surface area contributed by atoms with Crippen molar-refractivity contribution in [2.75, 3.05) is 11.2 Å². The molecule has 0 saturated heterocycles. The van der Waals surface area contributed by atoms with Gasteiger partial charge in [0.2, 0.25) is 0 Å². The highest BCUT2D eigenvalue weighted by Crippen LogP contribution is 2.15. The SMILES string of the molecule is Cc1cnnc(Nc2ccc(CCCl)cc2)c1. The molecule has 0 aliphatic heterocycles. The van der Waals surface area contributed by atoms with Gasteiger partial charge in [-0.15, -0.1) is 16.7 Å². The van der Waals surface area contributed by atoms with Crippen LogP contribution >= 0.6 is 11.6 Å². The van der Waals surface area contributed by atoms with E-state index in [2.05, 4.69) is 27.6 Å². The number of hydrogen-bond donors (Lipinski definition) is 1. The monoisotopic (exact) mass is 247 g/mol. The molecule has 1 heterocycles. The zero-order valence-corrected chi connectivity index (χ0v) is 10.4. The summed E-state index contributed by atoms with van der Waals surface area (Å²) >= 11 is 5.69. The molecule has 1 aromatic heterocycles. The van der Waals surface area contributed by atoms with Gasteiger partial charge in [-0.1, -0.05) is 12.1 Å². The third-order valence-corrected chi connectivity index (χ3v) is 2.59. The molecule has 3 nitrogen and oxygen atoms in total. The van der Waals surface area contributed by atoms with Crippen molar-refractivity contribution in [3.8, 4) is 0 Å². The fourth-order valence-electron chi connectivity index (χ4n) is 1.54. The summed E-state index contributed by atoms with van der Waals surface area (Å²) < 4.78 is 0. The van der Waals surface area contributed by atoms with Gasteiger partial charge < -0.3 is 5.32 Å². The Hall–Kier alpha value is -1.61. The van der Waals surface area contributed by atoms with Gasteiger partial charge in [-0.2, -0.15) is 5.10 Å². The standard InChI is InChI=1S/C13H14ClN3/c1-10-8-13(17-15-9-10)16-12-4-2-11(3-5-12)6-7-14/h2-5,8-9H,6-7H2,1H3,(H,16,17). The number of benzene rings is 1. The second kappa shape index (κ2) is 5.64. The maximum Gasteiger partial charge on any atom is 0.153 e. The Morgan fingerprint density at radius 2 is 2.00 bits per heavy atom. The van der Waals surface area contributed by atoms with E-state index in [1.54, 1.807) is 6.20 Å². The van der Waals surface area contributed by atoms with Crippen molar-refractivity contribution in [1.29, 1.82) is 0 Å². The van der Waals surface area contributed by atoms with Crippen LogP contribution in [0, 0.1) is 6.92 Å². The first kappa shape index (κ1) is 11.9. The Labute approximate surface area is 106 Å². The van der Waals surface area contributed by atoms with E-state index < -0.39 is 0 Å². The average molecular weight is 248 g/mol. The first-order chi connectivity index (χ1) is 8.28. The zero-order valence-electron chi connectivity index (χ0n) is 9.65. The van der Waals surface area contributed by atoms with E-state index in [0.717, 1.165) is 23.5 Å². The summed E-state index contributed by atoms with van der Waals surface area (Å²) in [5.41, 5.74) is 3.32. The van der Waals surface area contributed by atoms with Crippen molar-refractivity contribution in [2.45, 2.75) is 13.3 Å². The Morgan fingerprint density at radius 1 is 1.24 bits per heavy atom. The Kier molecular flexibility index (Phi) is 3.94. The second-order valence-electron chi connectivity index (χ2n) is 3.88. The number of halogens is 1. The van der Waals surface area contributed by atoms with E-state index in [0.29, 0.717) is 5.88 Å². The molecule has 0 bridgehead atoms. The van der Waals surface area contributed by atoms with Crippen LogP contribution in [0.1, 0.15) is 11.1 Å². The van der Waals surface area contributed by atoms with Crippen molar-refractivity contribution >= 4 is 23.1 Å². The second-order valence-corrected chi connectivity index (χ2v) is 4.26. The molecule has 0 unspecified atom stereocenters. The quantitative estimate of drug-likeness (QED) is 0.843.